The summed E-state index contributed by atoms with van der Waals surface area (Å²) >= 11 is 1.46. The van der Waals surface area contributed by atoms with Crippen molar-refractivity contribution in [1.29, 1.82) is 0 Å². The lowest BCUT2D eigenvalue weighted by atomic mass is 9.87. The van der Waals surface area contributed by atoms with E-state index in [0.717, 1.165) is 27.3 Å². The third kappa shape index (κ3) is 4.84. The van der Waals surface area contributed by atoms with Gasteiger partial charge in [0, 0.05) is 55.0 Å². The van der Waals surface area contributed by atoms with Gasteiger partial charge in [-0.25, -0.2) is 0 Å². The number of carbonyl (C=O) groups excluding carboxylic acids is 1. The predicted molar refractivity (Wildman–Crippen MR) is 128 cm³/mol. The summed E-state index contributed by atoms with van der Waals surface area (Å²) in [6.45, 7) is 1.06. The van der Waals surface area contributed by atoms with Gasteiger partial charge in [-0.15, -0.1) is 0 Å². The maximum Gasteiger partial charge on any atom is 0.253 e. The first-order valence-corrected chi connectivity index (χ1v) is 11.6. The lowest BCUT2D eigenvalue weighted by Gasteiger charge is -2.38. The summed E-state index contributed by atoms with van der Waals surface area (Å²) in [5.41, 5.74) is 3.34. The fourth-order valence-electron chi connectivity index (χ4n) is 4.07. The predicted octanol–water partition coefficient (Wildman–Crippen LogP) is 3.68. The first kappa shape index (κ1) is 21.4. The first-order valence-electron chi connectivity index (χ1n) is 10.8. The Hall–Kier alpha value is -3.43. The van der Waals surface area contributed by atoms with Crippen molar-refractivity contribution in [3.8, 4) is 0 Å². The molecular formula is C24H24N6O2S. The Balaban J connectivity index is 1.18. The van der Waals surface area contributed by atoms with Gasteiger partial charge < -0.3 is 14.7 Å². The number of rotatable bonds is 6. The van der Waals surface area contributed by atoms with Gasteiger partial charge in [-0.1, -0.05) is 6.07 Å². The van der Waals surface area contributed by atoms with Gasteiger partial charge in [-0.05, 0) is 67.3 Å². The Kier molecular flexibility index (Phi) is 5.97. The number of anilines is 1. The molecule has 1 fully saturated rings. The molecule has 1 amide bonds. The molecule has 0 unspecified atom stereocenters. The van der Waals surface area contributed by atoms with Crippen LogP contribution in [0.15, 0.2) is 72.0 Å². The van der Waals surface area contributed by atoms with Gasteiger partial charge in [0.25, 0.3) is 5.91 Å². The van der Waals surface area contributed by atoms with Gasteiger partial charge in [0.1, 0.15) is 5.52 Å². The van der Waals surface area contributed by atoms with E-state index in [1.54, 1.807) is 18.6 Å². The normalized spacial score (nSPS) is 15.5. The second-order valence-electron chi connectivity index (χ2n) is 8.24. The van der Waals surface area contributed by atoms with Crippen molar-refractivity contribution in [1.82, 2.24) is 25.1 Å². The summed E-state index contributed by atoms with van der Waals surface area (Å²) < 4.78 is 3.31. The van der Waals surface area contributed by atoms with Crippen LogP contribution < -0.4 is 4.72 Å². The molecule has 8 nitrogen and oxygen atoms in total. The molecule has 1 aliphatic heterocycles. The number of piperidine rings is 1. The van der Waals surface area contributed by atoms with E-state index < -0.39 is 5.60 Å². The average Bonchev–Trinajstić information content (AvgIpc) is 3.35. The molecule has 33 heavy (non-hydrogen) atoms. The maximum absolute atomic E-state index is 13.0. The Labute approximate surface area is 195 Å². The number of aliphatic hydroxyl groups is 1. The lowest BCUT2D eigenvalue weighted by Crippen LogP contribution is -2.47. The second-order valence-corrected chi connectivity index (χ2v) is 9.08. The zero-order valence-corrected chi connectivity index (χ0v) is 18.8. The van der Waals surface area contributed by atoms with E-state index in [-0.39, 0.29) is 5.91 Å². The zero-order chi connectivity index (χ0) is 22.7. The van der Waals surface area contributed by atoms with Gasteiger partial charge in [-0.3, -0.25) is 19.9 Å². The van der Waals surface area contributed by atoms with Crippen molar-refractivity contribution in [2.45, 2.75) is 29.8 Å². The van der Waals surface area contributed by atoms with Crippen LogP contribution in [-0.4, -0.2) is 54.8 Å². The molecule has 0 atom stereocenters. The molecule has 2 aromatic carbocycles. The monoisotopic (exact) mass is 460 g/mol. The van der Waals surface area contributed by atoms with E-state index in [2.05, 4.69) is 24.9 Å². The molecule has 0 aliphatic carbocycles. The van der Waals surface area contributed by atoms with Crippen LogP contribution in [0.25, 0.3) is 11.0 Å². The molecule has 3 heterocycles. The van der Waals surface area contributed by atoms with Crippen LogP contribution in [-0.2, 0) is 6.42 Å². The van der Waals surface area contributed by atoms with Gasteiger partial charge >= 0.3 is 0 Å². The Morgan fingerprint density at radius 1 is 1.06 bits per heavy atom. The van der Waals surface area contributed by atoms with Crippen molar-refractivity contribution < 1.29 is 9.90 Å². The van der Waals surface area contributed by atoms with Gasteiger partial charge in [-0.2, -0.15) is 5.10 Å². The topological polar surface area (TPSA) is 107 Å². The molecule has 0 spiro atoms. The minimum atomic E-state index is -0.805. The number of H-pyrrole nitrogens is 1. The number of carbonyl (C=O) groups is 1. The first-order chi connectivity index (χ1) is 16.1. The highest BCUT2D eigenvalue weighted by atomic mass is 32.2. The number of benzene rings is 2. The molecule has 1 aliphatic rings. The summed E-state index contributed by atoms with van der Waals surface area (Å²) in [5.74, 6) is -0.0119. The highest BCUT2D eigenvalue weighted by Crippen LogP contribution is 2.28. The van der Waals surface area contributed by atoms with Crippen molar-refractivity contribution in [2.24, 2.45) is 0 Å². The van der Waals surface area contributed by atoms with Crippen molar-refractivity contribution in [3.05, 3.63) is 78.4 Å². The van der Waals surface area contributed by atoms with Crippen LogP contribution in [0.3, 0.4) is 0 Å². The Morgan fingerprint density at radius 3 is 2.61 bits per heavy atom. The molecule has 5 rings (SSSR count). The molecule has 4 aromatic rings. The number of hydrogen-bond donors (Lipinski definition) is 3. The molecule has 3 N–H and O–H groups in total. The van der Waals surface area contributed by atoms with Crippen LogP contribution in [0, 0.1) is 0 Å². The molecule has 0 radical (unpaired) electrons. The Bertz CT molecular complexity index is 1230. The van der Waals surface area contributed by atoms with Crippen molar-refractivity contribution >= 4 is 34.6 Å². The summed E-state index contributed by atoms with van der Waals surface area (Å²) in [7, 11) is 0. The quantitative estimate of drug-likeness (QED) is 0.377. The minimum Gasteiger partial charge on any atom is -0.389 e. The fourth-order valence-corrected chi connectivity index (χ4v) is 4.83. The van der Waals surface area contributed by atoms with Crippen LogP contribution in [0.2, 0.25) is 0 Å². The summed E-state index contributed by atoms with van der Waals surface area (Å²) in [5, 5.41) is 17.7. The fraction of sp³-hybridized carbons (Fsp3) is 0.250. The molecule has 168 valence electrons. The van der Waals surface area contributed by atoms with E-state index in [9.17, 15) is 9.90 Å². The standard InChI is InChI=1S/C24H24N6O2S/c31-23(30-14-9-24(32,10-15-30)16-19-8-11-27-28-19)17-4-6-18(7-5-17)29-33-21-3-1-2-20-22(21)26-13-12-25-20/h1-8,11-13,29,32H,9-10,14-16H2,(H,27,28). The number of likely N-dealkylation sites (tertiary alicyclic amines) is 1. The van der Waals surface area contributed by atoms with Crippen molar-refractivity contribution in [2.75, 3.05) is 17.8 Å². The van der Waals surface area contributed by atoms with Crippen molar-refractivity contribution in [3.63, 3.8) is 0 Å². The number of nitrogens with zero attached hydrogens (tertiary/aromatic N) is 4. The number of hydrogen-bond acceptors (Lipinski definition) is 7. The van der Waals surface area contributed by atoms with Gasteiger partial charge in [0.05, 0.1) is 16.0 Å². The van der Waals surface area contributed by atoms with E-state index in [0.29, 0.717) is 37.9 Å². The molecule has 0 bridgehead atoms. The van der Waals surface area contributed by atoms with E-state index >= 15 is 0 Å². The highest BCUT2D eigenvalue weighted by molar-refractivity contribution is 8.00. The van der Waals surface area contributed by atoms with Crippen LogP contribution in [0.5, 0.6) is 0 Å². The third-order valence-corrected chi connectivity index (χ3v) is 6.82. The molecule has 1 saturated heterocycles. The summed E-state index contributed by atoms with van der Waals surface area (Å²) in [6, 6.07) is 15.2. The average molecular weight is 461 g/mol. The lowest BCUT2D eigenvalue weighted by molar-refractivity contribution is -0.0168. The number of para-hydroxylation sites is 1. The molecular weight excluding hydrogens is 436 g/mol. The van der Waals surface area contributed by atoms with E-state index in [1.807, 2.05) is 53.4 Å². The number of fused-ring (bicyclic) bond motifs is 1. The van der Waals surface area contributed by atoms with E-state index in [4.69, 9.17) is 0 Å². The second kappa shape index (κ2) is 9.21. The number of nitrogens with one attached hydrogen (secondary N) is 2. The van der Waals surface area contributed by atoms with Crippen LogP contribution in [0.1, 0.15) is 28.9 Å². The molecule has 0 saturated carbocycles. The van der Waals surface area contributed by atoms with E-state index in [1.165, 1.54) is 11.9 Å². The number of aromatic amines is 1. The van der Waals surface area contributed by atoms with Crippen LogP contribution in [0.4, 0.5) is 5.69 Å². The van der Waals surface area contributed by atoms with Gasteiger partial charge in [0.15, 0.2) is 0 Å². The summed E-state index contributed by atoms with van der Waals surface area (Å²) in [4.78, 5) is 24.5. The minimum absolute atomic E-state index is 0.0119. The summed E-state index contributed by atoms with van der Waals surface area (Å²) in [6.07, 6.45) is 6.66. The molecule has 2 aromatic heterocycles. The molecule has 9 heteroatoms. The zero-order valence-electron chi connectivity index (χ0n) is 17.9. The third-order valence-electron chi connectivity index (χ3n) is 5.93. The van der Waals surface area contributed by atoms with Gasteiger partial charge in [0.2, 0.25) is 0 Å². The maximum atomic E-state index is 13.0. The Morgan fingerprint density at radius 2 is 1.85 bits per heavy atom. The smallest absolute Gasteiger partial charge is 0.253 e. The van der Waals surface area contributed by atoms with Crippen LogP contribution >= 0.6 is 11.9 Å². The highest BCUT2D eigenvalue weighted by Gasteiger charge is 2.34. The largest absolute Gasteiger partial charge is 0.389 e. The SMILES string of the molecule is O=C(c1ccc(NSc2cccc3nccnc23)cc1)N1CCC(O)(Cc2ccn[nH]2)CC1. The number of aromatic nitrogens is 4. The number of amides is 1.